The molecule has 0 aliphatic carbocycles. The quantitative estimate of drug-likeness (QED) is 0.628. The number of carbonyl (C=O) groups excluding carboxylic acids is 2. The number of alkyl halides is 1. The lowest BCUT2D eigenvalue weighted by Crippen LogP contribution is -2.45. The van der Waals surface area contributed by atoms with Crippen LogP contribution in [0.25, 0.3) is 0 Å². The number of halogens is 1. The number of hydrogen-bond acceptors (Lipinski definition) is 2. The summed E-state index contributed by atoms with van der Waals surface area (Å²) in [6, 6.07) is 0. The minimum absolute atomic E-state index is 0.181. The van der Waals surface area contributed by atoms with Crippen LogP contribution in [0.5, 0.6) is 0 Å². The Bertz CT molecular complexity index is 199. The average molecular weight is 190 g/mol. The molecule has 2 N–H and O–H groups in total. The van der Waals surface area contributed by atoms with Gasteiger partial charge in [0.15, 0.2) is 5.79 Å². The molecule has 0 saturated carbocycles. The SMILES string of the molecule is CCC(=O)NCC(=O)NC(C)(C)F. The van der Waals surface area contributed by atoms with Gasteiger partial charge in [-0.05, 0) is 13.8 Å². The molecule has 0 rings (SSSR count). The van der Waals surface area contributed by atoms with Gasteiger partial charge in [-0.15, -0.1) is 0 Å². The van der Waals surface area contributed by atoms with Crippen molar-refractivity contribution in [2.75, 3.05) is 6.54 Å². The highest BCUT2D eigenvalue weighted by Crippen LogP contribution is 2.00. The Morgan fingerprint density at radius 1 is 1.31 bits per heavy atom. The second kappa shape index (κ2) is 4.79. The van der Waals surface area contributed by atoms with Crippen LogP contribution < -0.4 is 10.6 Å². The van der Waals surface area contributed by atoms with Gasteiger partial charge in [0.1, 0.15) is 0 Å². The molecule has 0 saturated heterocycles. The molecule has 0 fully saturated rings. The second-order valence-corrected chi connectivity index (χ2v) is 3.15. The second-order valence-electron chi connectivity index (χ2n) is 3.15. The summed E-state index contributed by atoms with van der Waals surface area (Å²) in [5.41, 5.74) is 0. The van der Waals surface area contributed by atoms with E-state index < -0.39 is 11.7 Å². The maximum absolute atomic E-state index is 12.8. The van der Waals surface area contributed by atoms with Crippen LogP contribution in [-0.2, 0) is 9.59 Å². The molecule has 2 amide bonds. The molecule has 0 heterocycles. The zero-order valence-corrected chi connectivity index (χ0v) is 8.11. The smallest absolute Gasteiger partial charge is 0.241 e. The molecule has 4 nitrogen and oxygen atoms in total. The fourth-order valence-corrected chi connectivity index (χ4v) is 0.680. The van der Waals surface area contributed by atoms with Gasteiger partial charge < -0.3 is 10.6 Å². The van der Waals surface area contributed by atoms with Gasteiger partial charge >= 0.3 is 0 Å². The summed E-state index contributed by atoms with van der Waals surface area (Å²) in [5.74, 6) is -2.50. The summed E-state index contributed by atoms with van der Waals surface area (Å²) in [7, 11) is 0. The van der Waals surface area contributed by atoms with Gasteiger partial charge in [-0.1, -0.05) is 6.92 Å². The zero-order valence-electron chi connectivity index (χ0n) is 8.11. The van der Waals surface area contributed by atoms with E-state index in [1.807, 2.05) is 0 Å². The number of rotatable bonds is 4. The molecule has 0 atom stereocenters. The Hall–Kier alpha value is -1.13. The van der Waals surface area contributed by atoms with E-state index in [9.17, 15) is 14.0 Å². The van der Waals surface area contributed by atoms with Crippen LogP contribution in [0.3, 0.4) is 0 Å². The van der Waals surface area contributed by atoms with E-state index in [1.54, 1.807) is 6.92 Å². The summed E-state index contributed by atoms with van der Waals surface area (Å²) in [4.78, 5) is 21.6. The summed E-state index contributed by atoms with van der Waals surface area (Å²) < 4.78 is 12.8. The summed E-state index contributed by atoms with van der Waals surface area (Å²) in [6.45, 7) is 3.95. The van der Waals surface area contributed by atoms with E-state index in [0.29, 0.717) is 6.42 Å². The molecule has 0 aliphatic heterocycles. The van der Waals surface area contributed by atoms with Crippen molar-refractivity contribution in [3.63, 3.8) is 0 Å². The Morgan fingerprint density at radius 2 is 1.85 bits per heavy atom. The van der Waals surface area contributed by atoms with Gasteiger partial charge in [0.2, 0.25) is 11.8 Å². The number of hydrogen-bond donors (Lipinski definition) is 2. The highest BCUT2D eigenvalue weighted by Gasteiger charge is 2.17. The molecule has 76 valence electrons. The molecule has 0 bridgehead atoms. The Morgan fingerprint density at radius 3 is 2.23 bits per heavy atom. The first-order chi connectivity index (χ1) is 5.85. The van der Waals surface area contributed by atoms with Crippen molar-refractivity contribution in [3.05, 3.63) is 0 Å². The topological polar surface area (TPSA) is 58.2 Å². The largest absolute Gasteiger partial charge is 0.347 e. The van der Waals surface area contributed by atoms with Crippen molar-refractivity contribution >= 4 is 11.8 Å². The minimum Gasteiger partial charge on any atom is -0.347 e. The first-order valence-electron chi connectivity index (χ1n) is 4.11. The van der Waals surface area contributed by atoms with E-state index in [2.05, 4.69) is 10.6 Å². The molecule has 0 aromatic carbocycles. The third kappa shape index (κ3) is 7.24. The van der Waals surface area contributed by atoms with Gasteiger partial charge in [0.05, 0.1) is 6.54 Å². The van der Waals surface area contributed by atoms with Crippen molar-refractivity contribution in [3.8, 4) is 0 Å². The lowest BCUT2D eigenvalue weighted by atomic mass is 10.3. The molecule has 0 spiro atoms. The maximum Gasteiger partial charge on any atom is 0.241 e. The Kier molecular flexibility index (Phi) is 4.37. The zero-order chi connectivity index (χ0) is 10.5. The number of carbonyl (C=O) groups is 2. The van der Waals surface area contributed by atoms with E-state index in [0.717, 1.165) is 0 Å². The van der Waals surface area contributed by atoms with Crippen molar-refractivity contribution < 1.29 is 14.0 Å². The molecule has 0 radical (unpaired) electrons. The average Bonchev–Trinajstić information content (AvgIpc) is 1.97. The van der Waals surface area contributed by atoms with E-state index in [4.69, 9.17) is 0 Å². The highest BCUT2D eigenvalue weighted by atomic mass is 19.1. The van der Waals surface area contributed by atoms with E-state index in [-0.39, 0.29) is 12.5 Å². The predicted molar refractivity (Wildman–Crippen MR) is 46.6 cm³/mol. The fraction of sp³-hybridized carbons (Fsp3) is 0.750. The first-order valence-corrected chi connectivity index (χ1v) is 4.11. The summed E-state index contributed by atoms with van der Waals surface area (Å²) >= 11 is 0. The Labute approximate surface area is 76.9 Å². The van der Waals surface area contributed by atoms with Crippen LogP contribution >= 0.6 is 0 Å². The van der Waals surface area contributed by atoms with Crippen LogP contribution in [-0.4, -0.2) is 24.2 Å². The van der Waals surface area contributed by atoms with Crippen molar-refractivity contribution in [1.29, 1.82) is 0 Å². The third-order valence-corrected chi connectivity index (χ3v) is 1.20. The number of nitrogens with one attached hydrogen (secondary N) is 2. The first kappa shape index (κ1) is 11.9. The molecule has 0 aliphatic rings. The van der Waals surface area contributed by atoms with Crippen molar-refractivity contribution in [2.24, 2.45) is 0 Å². The normalized spacial score (nSPS) is 10.8. The maximum atomic E-state index is 12.8. The molecule has 0 aromatic rings. The van der Waals surface area contributed by atoms with E-state index in [1.165, 1.54) is 13.8 Å². The lowest BCUT2D eigenvalue weighted by Gasteiger charge is -2.16. The van der Waals surface area contributed by atoms with Crippen LogP contribution in [0.4, 0.5) is 4.39 Å². The van der Waals surface area contributed by atoms with Crippen LogP contribution in [0.1, 0.15) is 27.2 Å². The third-order valence-electron chi connectivity index (χ3n) is 1.20. The van der Waals surface area contributed by atoms with Gasteiger partial charge in [-0.25, -0.2) is 4.39 Å². The molecule has 0 aromatic heterocycles. The van der Waals surface area contributed by atoms with Gasteiger partial charge in [0, 0.05) is 6.42 Å². The highest BCUT2D eigenvalue weighted by molar-refractivity contribution is 5.84. The van der Waals surface area contributed by atoms with Crippen molar-refractivity contribution in [1.82, 2.24) is 10.6 Å². The molecular formula is C8H15FN2O2. The Balaban J connectivity index is 3.71. The van der Waals surface area contributed by atoms with Crippen molar-refractivity contribution in [2.45, 2.75) is 33.0 Å². The van der Waals surface area contributed by atoms with Gasteiger partial charge in [0.25, 0.3) is 0 Å². The molecule has 13 heavy (non-hydrogen) atoms. The molecular weight excluding hydrogens is 175 g/mol. The summed E-state index contributed by atoms with van der Waals surface area (Å²) in [5, 5.41) is 4.42. The number of amides is 2. The predicted octanol–water partition coefficient (Wildman–Crippen LogP) is 0.334. The van der Waals surface area contributed by atoms with Crippen LogP contribution in [0, 0.1) is 0 Å². The lowest BCUT2D eigenvalue weighted by molar-refractivity contribution is -0.127. The summed E-state index contributed by atoms with van der Waals surface area (Å²) in [6.07, 6.45) is 0.312. The van der Waals surface area contributed by atoms with Gasteiger partial charge in [-0.2, -0.15) is 0 Å². The fourth-order valence-electron chi connectivity index (χ4n) is 0.680. The van der Waals surface area contributed by atoms with Crippen LogP contribution in [0.15, 0.2) is 0 Å². The standard InChI is InChI=1S/C8H15FN2O2/c1-4-6(12)10-5-7(13)11-8(2,3)9/h4-5H2,1-3H3,(H,10,12)(H,11,13). The van der Waals surface area contributed by atoms with Crippen LogP contribution in [0.2, 0.25) is 0 Å². The monoisotopic (exact) mass is 190 g/mol. The molecule has 5 heteroatoms. The molecule has 0 unspecified atom stereocenters. The minimum atomic E-state index is -1.74. The van der Waals surface area contributed by atoms with E-state index >= 15 is 0 Å². The van der Waals surface area contributed by atoms with Gasteiger partial charge in [-0.3, -0.25) is 9.59 Å².